The van der Waals surface area contributed by atoms with E-state index in [-0.39, 0.29) is 5.91 Å². The number of nitrogens with one attached hydrogen (secondary N) is 1. The number of carbonyl (C=O) groups excluding carboxylic acids is 1. The van der Waals surface area contributed by atoms with Crippen molar-refractivity contribution in [1.29, 1.82) is 0 Å². The normalized spacial score (nSPS) is 16.3. The van der Waals surface area contributed by atoms with Gasteiger partial charge in [0.05, 0.1) is 11.5 Å². The van der Waals surface area contributed by atoms with Gasteiger partial charge < -0.3 is 10.1 Å². The van der Waals surface area contributed by atoms with Crippen LogP contribution < -0.4 is 10.1 Å². The number of ether oxygens (including phenoxy) is 1. The van der Waals surface area contributed by atoms with E-state index in [2.05, 4.69) is 12.2 Å². The second-order valence-corrected chi connectivity index (χ2v) is 6.55. The molecule has 0 atom stereocenters. The summed E-state index contributed by atoms with van der Waals surface area (Å²) >= 11 is 6.25. The molecule has 1 N–H and O–H groups in total. The second-order valence-electron chi connectivity index (χ2n) is 4.83. The first kappa shape index (κ1) is 16.0. The SMILES string of the molecule is CCCCCCOc1ccc(C=C2SC(=S)NC2=O)cc1. The molecule has 0 aliphatic carbocycles. The summed E-state index contributed by atoms with van der Waals surface area (Å²) in [5.41, 5.74) is 0.968. The largest absolute Gasteiger partial charge is 0.494 e. The Kier molecular flexibility index (Phi) is 6.26. The summed E-state index contributed by atoms with van der Waals surface area (Å²) in [7, 11) is 0. The predicted octanol–water partition coefficient (Wildman–Crippen LogP) is 4.13. The first-order valence-corrected chi connectivity index (χ1v) is 8.39. The third-order valence-electron chi connectivity index (χ3n) is 3.09. The lowest BCUT2D eigenvalue weighted by atomic mass is 10.2. The molecule has 1 aliphatic heterocycles. The van der Waals surface area contributed by atoms with Crippen molar-refractivity contribution >= 4 is 40.3 Å². The third kappa shape index (κ3) is 5.17. The highest BCUT2D eigenvalue weighted by molar-refractivity contribution is 8.26. The van der Waals surface area contributed by atoms with Gasteiger partial charge in [-0.05, 0) is 30.2 Å². The number of amides is 1. The maximum atomic E-state index is 11.6. The number of hydrogen-bond acceptors (Lipinski definition) is 4. The molecule has 112 valence electrons. The summed E-state index contributed by atoms with van der Waals surface area (Å²) in [6.45, 7) is 2.96. The summed E-state index contributed by atoms with van der Waals surface area (Å²) in [5.74, 6) is 0.744. The Bertz CT molecular complexity index is 538. The number of rotatable bonds is 7. The van der Waals surface area contributed by atoms with E-state index in [0.29, 0.717) is 9.23 Å². The molecule has 0 unspecified atom stereocenters. The van der Waals surface area contributed by atoms with E-state index in [0.717, 1.165) is 24.3 Å². The first-order valence-electron chi connectivity index (χ1n) is 7.17. The van der Waals surface area contributed by atoms with Gasteiger partial charge in [-0.15, -0.1) is 0 Å². The highest BCUT2D eigenvalue weighted by atomic mass is 32.2. The Morgan fingerprint density at radius 3 is 2.62 bits per heavy atom. The maximum absolute atomic E-state index is 11.6. The van der Waals surface area contributed by atoms with Crippen molar-refractivity contribution in [3.63, 3.8) is 0 Å². The van der Waals surface area contributed by atoms with Crippen molar-refractivity contribution < 1.29 is 9.53 Å². The highest BCUT2D eigenvalue weighted by Crippen LogP contribution is 2.26. The Labute approximate surface area is 135 Å². The molecule has 1 amide bonds. The van der Waals surface area contributed by atoms with E-state index >= 15 is 0 Å². The first-order chi connectivity index (χ1) is 10.2. The fourth-order valence-corrected chi connectivity index (χ4v) is 3.00. The number of unbranched alkanes of at least 4 members (excludes halogenated alkanes) is 3. The van der Waals surface area contributed by atoms with Crippen molar-refractivity contribution in [2.45, 2.75) is 32.6 Å². The molecule has 0 radical (unpaired) electrons. The molecule has 0 aromatic heterocycles. The predicted molar refractivity (Wildman–Crippen MR) is 92.4 cm³/mol. The van der Waals surface area contributed by atoms with Crippen LogP contribution in [0.2, 0.25) is 0 Å². The van der Waals surface area contributed by atoms with Crippen LogP contribution in [0, 0.1) is 0 Å². The van der Waals surface area contributed by atoms with Gasteiger partial charge in [0.15, 0.2) is 0 Å². The van der Waals surface area contributed by atoms with Crippen LogP contribution in [0.25, 0.3) is 6.08 Å². The summed E-state index contributed by atoms with van der Waals surface area (Å²) in [5, 5.41) is 2.61. The molecule has 1 aromatic carbocycles. The van der Waals surface area contributed by atoms with Crippen molar-refractivity contribution in [3.05, 3.63) is 34.7 Å². The minimum Gasteiger partial charge on any atom is -0.494 e. The van der Waals surface area contributed by atoms with E-state index in [9.17, 15) is 4.79 Å². The number of benzene rings is 1. The lowest BCUT2D eigenvalue weighted by molar-refractivity contribution is -0.115. The molecule has 1 saturated heterocycles. The van der Waals surface area contributed by atoms with Crippen LogP contribution in [0.5, 0.6) is 5.75 Å². The fourth-order valence-electron chi connectivity index (χ4n) is 1.95. The Balaban J connectivity index is 1.86. The Hall–Kier alpha value is -1.33. The van der Waals surface area contributed by atoms with Crippen molar-refractivity contribution in [3.8, 4) is 5.75 Å². The average molecular weight is 321 g/mol. The zero-order valence-electron chi connectivity index (χ0n) is 12.1. The molecule has 3 nitrogen and oxygen atoms in total. The molecular formula is C16H19NO2S2. The molecule has 1 fully saturated rings. The standard InChI is InChI=1S/C16H19NO2S2/c1-2-3-4-5-10-19-13-8-6-12(7-9-13)11-14-15(18)17-16(20)21-14/h6-9,11H,2-5,10H2,1H3,(H,17,18,20). The van der Waals surface area contributed by atoms with E-state index < -0.39 is 0 Å². The van der Waals surface area contributed by atoms with E-state index in [1.165, 1.54) is 31.0 Å². The molecule has 1 aliphatic rings. The monoisotopic (exact) mass is 321 g/mol. The molecule has 1 heterocycles. The number of hydrogen-bond donors (Lipinski definition) is 1. The summed E-state index contributed by atoms with van der Waals surface area (Å²) in [6, 6.07) is 7.76. The third-order valence-corrected chi connectivity index (χ3v) is 4.25. The zero-order valence-corrected chi connectivity index (χ0v) is 13.7. The zero-order chi connectivity index (χ0) is 15.1. The molecule has 2 rings (SSSR count). The molecule has 1 aromatic rings. The summed E-state index contributed by atoms with van der Waals surface area (Å²) < 4.78 is 6.20. The molecule has 0 saturated carbocycles. The maximum Gasteiger partial charge on any atom is 0.263 e. The van der Waals surface area contributed by atoms with Gasteiger partial charge >= 0.3 is 0 Å². The molecule has 0 bridgehead atoms. The van der Waals surface area contributed by atoms with E-state index in [1.807, 2.05) is 30.3 Å². The average Bonchev–Trinajstić information content (AvgIpc) is 2.78. The van der Waals surface area contributed by atoms with E-state index in [1.54, 1.807) is 0 Å². The van der Waals surface area contributed by atoms with Crippen LogP contribution in [-0.4, -0.2) is 16.8 Å². The fraction of sp³-hybridized carbons (Fsp3) is 0.375. The Morgan fingerprint density at radius 1 is 1.24 bits per heavy atom. The van der Waals surface area contributed by atoms with Crippen LogP contribution in [0.15, 0.2) is 29.2 Å². The van der Waals surface area contributed by atoms with Gasteiger partial charge in [0.1, 0.15) is 10.1 Å². The molecular weight excluding hydrogens is 302 g/mol. The van der Waals surface area contributed by atoms with Crippen LogP contribution in [0.3, 0.4) is 0 Å². The van der Waals surface area contributed by atoms with Gasteiger partial charge in [0.2, 0.25) is 0 Å². The highest BCUT2D eigenvalue weighted by Gasteiger charge is 2.21. The van der Waals surface area contributed by atoms with Crippen molar-refractivity contribution in [1.82, 2.24) is 5.32 Å². The minimum atomic E-state index is -0.124. The minimum absolute atomic E-state index is 0.124. The van der Waals surface area contributed by atoms with Crippen LogP contribution in [0.4, 0.5) is 0 Å². The van der Waals surface area contributed by atoms with Gasteiger partial charge in [-0.3, -0.25) is 4.79 Å². The molecule has 0 spiro atoms. The van der Waals surface area contributed by atoms with Crippen molar-refractivity contribution in [2.24, 2.45) is 0 Å². The lowest BCUT2D eigenvalue weighted by Crippen LogP contribution is -2.17. The number of carbonyl (C=O) groups is 1. The molecule has 21 heavy (non-hydrogen) atoms. The van der Waals surface area contributed by atoms with Crippen molar-refractivity contribution in [2.75, 3.05) is 6.61 Å². The van der Waals surface area contributed by atoms with Gasteiger partial charge in [-0.25, -0.2) is 0 Å². The topological polar surface area (TPSA) is 38.3 Å². The van der Waals surface area contributed by atoms with Crippen LogP contribution in [-0.2, 0) is 4.79 Å². The summed E-state index contributed by atoms with van der Waals surface area (Å²) in [6.07, 6.45) is 6.64. The number of thiocarbonyl (C=S) groups is 1. The van der Waals surface area contributed by atoms with E-state index in [4.69, 9.17) is 17.0 Å². The van der Waals surface area contributed by atoms with Gasteiger partial charge in [0, 0.05) is 0 Å². The van der Waals surface area contributed by atoms with Gasteiger partial charge in [0.25, 0.3) is 5.91 Å². The van der Waals surface area contributed by atoms with Crippen LogP contribution >= 0.6 is 24.0 Å². The molecule has 5 heteroatoms. The van der Waals surface area contributed by atoms with Gasteiger partial charge in [-0.2, -0.15) is 0 Å². The smallest absolute Gasteiger partial charge is 0.263 e. The summed E-state index contributed by atoms with van der Waals surface area (Å²) in [4.78, 5) is 12.2. The lowest BCUT2D eigenvalue weighted by Gasteiger charge is -2.06. The van der Waals surface area contributed by atoms with Gasteiger partial charge in [-0.1, -0.05) is 62.3 Å². The Morgan fingerprint density at radius 2 is 2.00 bits per heavy atom. The van der Waals surface area contributed by atoms with Crippen LogP contribution in [0.1, 0.15) is 38.2 Å². The quantitative estimate of drug-likeness (QED) is 0.465. The second kappa shape index (κ2) is 8.20. The number of thioether (sulfide) groups is 1.